The van der Waals surface area contributed by atoms with E-state index in [9.17, 15) is 14.9 Å². The normalized spacial score (nSPS) is 16.1. The van der Waals surface area contributed by atoms with Crippen LogP contribution in [0.15, 0.2) is 42.5 Å². The molecule has 2 aromatic rings. The number of amides is 1. The Bertz CT molecular complexity index is 863. The summed E-state index contributed by atoms with van der Waals surface area (Å²) < 4.78 is 10.9. The average Bonchev–Trinajstić information content (AvgIpc) is 2.73. The minimum atomic E-state index is -0.550. The predicted octanol–water partition coefficient (Wildman–Crippen LogP) is 2.33. The average molecular weight is 369 g/mol. The standard InChI is InChI=1S/C19H19N3O5/c23-19(21-8-6-20(7-9-21)14-4-2-1-3-5-14)15-12-17-18(27-11-10-26-17)13-16(15)22(24)25/h1-5,12-13H,6-11H2. The van der Waals surface area contributed by atoms with Crippen LogP contribution in [0.4, 0.5) is 11.4 Å². The molecule has 27 heavy (non-hydrogen) atoms. The first-order valence-corrected chi connectivity index (χ1v) is 8.81. The fraction of sp³-hybridized carbons (Fsp3) is 0.316. The van der Waals surface area contributed by atoms with E-state index in [1.165, 1.54) is 12.1 Å². The summed E-state index contributed by atoms with van der Waals surface area (Å²) in [5.74, 6) is 0.322. The van der Waals surface area contributed by atoms with Crippen LogP contribution in [0.2, 0.25) is 0 Å². The number of carbonyl (C=O) groups is 1. The molecule has 0 aliphatic carbocycles. The molecular formula is C19H19N3O5. The lowest BCUT2D eigenvalue weighted by Gasteiger charge is -2.36. The number of hydrogen-bond acceptors (Lipinski definition) is 6. The number of benzene rings is 2. The van der Waals surface area contributed by atoms with Crippen molar-refractivity contribution in [3.05, 3.63) is 58.1 Å². The summed E-state index contributed by atoms with van der Waals surface area (Å²) in [4.78, 5) is 27.7. The third-order valence-electron chi connectivity index (χ3n) is 4.78. The van der Waals surface area contributed by atoms with Gasteiger partial charge in [-0.25, -0.2) is 0 Å². The molecule has 0 unspecified atom stereocenters. The Labute approximate surface area is 156 Å². The van der Waals surface area contributed by atoms with E-state index >= 15 is 0 Å². The van der Waals surface area contributed by atoms with Crippen LogP contribution >= 0.6 is 0 Å². The lowest BCUT2D eigenvalue weighted by Crippen LogP contribution is -2.48. The van der Waals surface area contributed by atoms with Gasteiger partial charge in [0.2, 0.25) is 0 Å². The largest absolute Gasteiger partial charge is 0.486 e. The van der Waals surface area contributed by atoms with Gasteiger partial charge in [0.15, 0.2) is 11.5 Å². The molecule has 0 N–H and O–H groups in total. The van der Waals surface area contributed by atoms with E-state index in [2.05, 4.69) is 4.90 Å². The number of hydrogen-bond donors (Lipinski definition) is 0. The number of fused-ring (bicyclic) bond motifs is 1. The van der Waals surface area contributed by atoms with E-state index in [0.29, 0.717) is 50.9 Å². The molecule has 8 nitrogen and oxygen atoms in total. The highest BCUT2D eigenvalue weighted by Crippen LogP contribution is 2.37. The Kier molecular flexibility index (Phi) is 4.53. The number of carbonyl (C=O) groups excluding carboxylic acids is 1. The molecule has 4 rings (SSSR count). The quantitative estimate of drug-likeness (QED) is 0.610. The van der Waals surface area contributed by atoms with Crippen LogP contribution in [0.3, 0.4) is 0 Å². The molecular weight excluding hydrogens is 350 g/mol. The molecule has 0 bridgehead atoms. The van der Waals surface area contributed by atoms with Crippen LogP contribution in [0, 0.1) is 10.1 Å². The maximum Gasteiger partial charge on any atom is 0.286 e. The molecule has 2 heterocycles. The lowest BCUT2D eigenvalue weighted by molar-refractivity contribution is -0.385. The molecule has 140 valence electrons. The lowest BCUT2D eigenvalue weighted by atomic mass is 10.1. The summed E-state index contributed by atoms with van der Waals surface area (Å²) in [6, 6.07) is 12.7. The molecule has 1 amide bonds. The molecule has 2 aliphatic heterocycles. The van der Waals surface area contributed by atoms with E-state index in [-0.39, 0.29) is 17.2 Å². The summed E-state index contributed by atoms with van der Waals surface area (Å²) in [6.45, 7) is 3.04. The zero-order chi connectivity index (χ0) is 18.8. The Morgan fingerprint density at radius 3 is 2.22 bits per heavy atom. The Balaban J connectivity index is 1.54. The molecule has 2 aromatic carbocycles. The van der Waals surface area contributed by atoms with Crippen LogP contribution in [-0.4, -0.2) is 55.1 Å². The van der Waals surface area contributed by atoms with Gasteiger partial charge in [0.1, 0.15) is 18.8 Å². The topological polar surface area (TPSA) is 85.1 Å². The molecule has 2 aliphatic rings. The maximum atomic E-state index is 13.0. The van der Waals surface area contributed by atoms with Gasteiger partial charge in [-0.3, -0.25) is 14.9 Å². The van der Waals surface area contributed by atoms with Crippen molar-refractivity contribution in [2.75, 3.05) is 44.3 Å². The number of nitro benzene ring substituents is 1. The molecule has 0 aromatic heterocycles. The molecule has 0 spiro atoms. The van der Waals surface area contributed by atoms with E-state index in [1.807, 2.05) is 30.3 Å². The van der Waals surface area contributed by atoms with Gasteiger partial charge in [0.25, 0.3) is 11.6 Å². The first-order chi connectivity index (χ1) is 13.1. The predicted molar refractivity (Wildman–Crippen MR) is 98.6 cm³/mol. The number of ether oxygens (including phenoxy) is 2. The van der Waals surface area contributed by atoms with E-state index in [0.717, 1.165) is 5.69 Å². The Morgan fingerprint density at radius 2 is 1.59 bits per heavy atom. The number of nitro groups is 1. The first kappa shape index (κ1) is 17.1. The van der Waals surface area contributed by atoms with Gasteiger partial charge in [-0.1, -0.05) is 18.2 Å². The Morgan fingerprint density at radius 1 is 0.963 bits per heavy atom. The van der Waals surface area contributed by atoms with Gasteiger partial charge in [-0.05, 0) is 12.1 Å². The molecule has 1 fully saturated rings. The molecule has 1 saturated heterocycles. The van der Waals surface area contributed by atoms with Crippen LogP contribution in [0.5, 0.6) is 11.5 Å². The van der Waals surface area contributed by atoms with Gasteiger partial charge < -0.3 is 19.3 Å². The highest BCUT2D eigenvalue weighted by atomic mass is 16.6. The minimum absolute atomic E-state index is 0.0393. The highest BCUT2D eigenvalue weighted by molar-refractivity contribution is 5.99. The maximum absolute atomic E-state index is 13.0. The van der Waals surface area contributed by atoms with Crippen molar-refractivity contribution in [2.45, 2.75) is 0 Å². The number of piperazine rings is 1. The number of rotatable bonds is 3. The number of para-hydroxylation sites is 1. The Hall–Kier alpha value is -3.29. The van der Waals surface area contributed by atoms with Gasteiger partial charge in [-0.2, -0.15) is 0 Å². The van der Waals surface area contributed by atoms with Gasteiger partial charge >= 0.3 is 0 Å². The third-order valence-corrected chi connectivity index (χ3v) is 4.78. The number of anilines is 1. The second-order valence-electron chi connectivity index (χ2n) is 6.38. The van der Waals surface area contributed by atoms with Crippen molar-refractivity contribution in [1.82, 2.24) is 4.90 Å². The van der Waals surface area contributed by atoms with Crippen LogP contribution < -0.4 is 14.4 Å². The van der Waals surface area contributed by atoms with Crippen LogP contribution in [0.1, 0.15) is 10.4 Å². The minimum Gasteiger partial charge on any atom is -0.486 e. The molecule has 8 heteroatoms. The SMILES string of the molecule is O=C(c1cc2c(cc1[N+](=O)[O-])OCCO2)N1CCN(c2ccccc2)CC1. The zero-order valence-corrected chi connectivity index (χ0v) is 14.7. The van der Waals surface area contributed by atoms with Gasteiger partial charge in [0, 0.05) is 37.9 Å². The van der Waals surface area contributed by atoms with E-state index in [4.69, 9.17) is 9.47 Å². The van der Waals surface area contributed by atoms with Crippen molar-refractivity contribution in [3.8, 4) is 11.5 Å². The second kappa shape index (κ2) is 7.14. The zero-order valence-electron chi connectivity index (χ0n) is 14.7. The first-order valence-electron chi connectivity index (χ1n) is 8.81. The summed E-state index contributed by atoms with van der Waals surface area (Å²) in [5.41, 5.74) is 0.891. The van der Waals surface area contributed by atoms with Gasteiger partial charge in [-0.15, -0.1) is 0 Å². The molecule has 0 radical (unpaired) electrons. The smallest absolute Gasteiger partial charge is 0.286 e. The van der Waals surface area contributed by atoms with Crippen molar-refractivity contribution in [2.24, 2.45) is 0 Å². The summed E-state index contributed by atoms with van der Waals surface area (Å²) in [6.07, 6.45) is 0. The van der Waals surface area contributed by atoms with E-state index in [1.54, 1.807) is 4.90 Å². The third kappa shape index (κ3) is 3.38. The van der Waals surface area contributed by atoms with Crippen molar-refractivity contribution in [1.29, 1.82) is 0 Å². The monoisotopic (exact) mass is 369 g/mol. The highest BCUT2D eigenvalue weighted by Gasteiger charge is 2.30. The second-order valence-corrected chi connectivity index (χ2v) is 6.38. The summed E-state index contributed by atoms with van der Waals surface area (Å²) in [7, 11) is 0. The number of nitrogens with zero attached hydrogens (tertiary/aromatic N) is 3. The molecule has 0 saturated carbocycles. The molecule has 0 atom stereocenters. The fourth-order valence-electron chi connectivity index (χ4n) is 3.38. The summed E-state index contributed by atoms with van der Waals surface area (Å²) in [5, 5.41) is 11.5. The van der Waals surface area contributed by atoms with E-state index < -0.39 is 4.92 Å². The van der Waals surface area contributed by atoms with Crippen molar-refractivity contribution >= 4 is 17.3 Å². The van der Waals surface area contributed by atoms with Gasteiger partial charge in [0.05, 0.1) is 11.0 Å². The van der Waals surface area contributed by atoms with Crippen LogP contribution in [-0.2, 0) is 0 Å². The van der Waals surface area contributed by atoms with Crippen molar-refractivity contribution in [3.63, 3.8) is 0 Å². The van der Waals surface area contributed by atoms with Crippen molar-refractivity contribution < 1.29 is 19.2 Å². The van der Waals surface area contributed by atoms with Crippen LogP contribution in [0.25, 0.3) is 0 Å². The fourth-order valence-corrected chi connectivity index (χ4v) is 3.38. The summed E-state index contributed by atoms with van der Waals surface area (Å²) >= 11 is 0.